The minimum atomic E-state index is -0.799. The zero-order chi connectivity index (χ0) is 26.3. The van der Waals surface area contributed by atoms with Gasteiger partial charge in [-0.2, -0.15) is 5.10 Å². The Balaban J connectivity index is 1.44. The number of ether oxygens (including phenoxy) is 1. The Labute approximate surface area is 221 Å². The highest BCUT2D eigenvalue weighted by Gasteiger charge is 2.21. The number of carbonyl (C=O) groups excluding carboxylic acids is 2. The molecule has 188 valence electrons. The number of rotatable bonds is 8. The highest BCUT2D eigenvalue weighted by molar-refractivity contribution is 5.96. The number of nitrogens with one attached hydrogen (secondary N) is 1. The first-order valence-electron chi connectivity index (χ1n) is 12.4. The van der Waals surface area contributed by atoms with Gasteiger partial charge in [0.2, 0.25) is 5.91 Å². The Kier molecular flexibility index (Phi) is 7.41. The molecular weight excluding hydrogens is 474 g/mol. The maximum Gasteiger partial charge on any atom is 0.328 e. The molecule has 1 aromatic heterocycles. The molecule has 0 spiro atoms. The molecule has 6 heteroatoms. The minimum absolute atomic E-state index is 0.335. The van der Waals surface area contributed by atoms with Crippen LogP contribution < -0.4 is 5.32 Å². The van der Waals surface area contributed by atoms with Crippen LogP contribution in [0.25, 0.3) is 33.8 Å². The molecule has 4 aromatic carbocycles. The van der Waals surface area contributed by atoms with E-state index in [1.54, 1.807) is 10.8 Å². The van der Waals surface area contributed by atoms with Gasteiger partial charge in [-0.15, -0.1) is 0 Å². The summed E-state index contributed by atoms with van der Waals surface area (Å²) in [6.07, 6.45) is 5.38. The van der Waals surface area contributed by atoms with E-state index in [0.29, 0.717) is 6.42 Å². The van der Waals surface area contributed by atoms with Gasteiger partial charge in [0, 0.05) is 29.8 Å². The molecule has 1 heterocycles. The quantitative estimate of drug-likeness (QED) is 0.222. The fourth-order valence-corrected chi connectivity index (χ4v) is 4.35. The highest BCUT2D eigenvalue weighted by atomic mass is 16.5. The molecule has 0 aliphatic carbocycles. The first-order valence-corrected chi connectivity index (χ1v) is 12.4. The molecule has 38 heavy (non-hydrogen) atoms. The molecule has 0 aliphatic rings. The lowest BCUT2D eigenvalue weighted by Gasteiger charge is -2.15. The monoisotopic (exact) mass is 501 g/mol. The van der Waals surface area contributed by atoms with Crippen molar-refractivity contribution in [1.82, 2.24) is 15.1 Å². The lowest BCUT2D eigenvalue weighted by Crippen LogP contribution is -2.42. The zero-order valence-corrected chi connectivity index (χ0v) is 21.0. The summed E-state index contributed by atoms with van der Waals surface area (Å²) >= 11 is 0. The first-order chi connectivity index (χ1) is 18.6. The van der Waals surface area contributed by atoms with Crippen molar-refractivity contribution in [2.24, 2.45) is 0 Å². The highest BCUT2D eigenvalue weighted by Crippen LogP contribution is 2.28. The SMILES string of the molecule is COC(=O)C(Cc1ccccc1)NC(=O)/C=C/c1cn(-c2ccccc2)nc1-c1ccc2ccccc2c1. The third-order valence-corrected chi connectivity index (χ3v) is 6.29. The number of aromatic nitrogens is 2. The number of benzene rings is 4. The summed E-state index contributed by atoms with van der Waals surface area (Å²) in [5, 5.41) is 9.88. The van der Waals surface area contributed by atoms with Gasteiger partial charge in [0.05, 0.1) is 18.5 Å². The molecule has 0 radical (unpaired) electrons. The van der Waals surface area contributed by atoms with Crippen LogP contribution >= 0.6 is 0 Å². The van der Waals surface area contributed by atoms with Gasteiger partial charge in [-0.25, -0.2) is 9.48 Å². The van der Waals surface area contributed by atoms with E-state index >= 15 is 0 Å². The topological polar surface area (TPSA) is 73.2 Å². The maximum atomic E-state index is 12.9. The van der Waals surface area contributed by atoms with Crippen LogP contribution in [-0.2, 0) is 20.7 Å². The van der Waals surface area contributed by atoms with E-state index in [-0.39, 0.29) is 0 Å². The van der Waals surface area contributed by atoms with Crippen molar-refractivity contribution < 1.29 is 14.3 Å². The van der Waals surface area contributed by atoms with Crippen LogP contribution in [0.4, 0.5) is 0 Å². The van der Waals surface area contributed by atoms with E-state index < -0.39 is 17.9 Å². The lowest BCUT2D eigenvalue weighted by molar-refractivity contribution is -0.144. The van der Waals surface area contributed by atoms with Gasteiger partial charge in [0.25, 0.3) is 0 Å². The van der Waals surface area contributed by atoms with Gasteiger partial charge in [0.15, 0.2) is 0 Å². The van der Waals surface area contributed by atoms with Crippen molar-refractivity contribution in [3.8, 4) is 16.9 Å². The van der Waals surface area contributed by atoms with Crippen LogP contribution in [0, 0.1) is 0 Å². The summed E-state index contributed by atoms with van der Waals surface area (Å²) in [4.78, 5) is 25.3. The van der Waals surface area contributed by atoms with Gasteiger partial charge >= 0.3 is 5.97 Å². The van der Waals surface area contributed by atoms with Crippen molar-refractivity contribution in [3.05, 3.63) is 127 Å². The molecule has 0 saturated heterocycles. The molecule has 1 N–H and O–H groups in total. The largest absolute Gasteiger partial charge is 0.467 e. The molecule has 6 nitrogen and oxygen atoms in total. The van der Waals surface area contributed by atoms with Crippen LogP contribution in [0.3, 0.4) is 0 Å². The minimum Gasteiger partial charge on any atom is -0.467 e. The molecule has 0 saturated carbocycles. The summed E-state index contributed by atoms with van der Waals surface area (Å²) < 4.78 is 6.72. The van der Waals surface area contributed by atoms with Crippen LogP contribution in [0.1, 0.15) is 11.1 Å². The number of methoxy groups -OCH3 is 1. The van der Waals surface area contributed by atoms with Crippen molar-refractivity contribution in [1.29, 1.82) is 0 Å². The summed E-state index contributed by atoms with van der Waals surface area (Å²) in [5.74, 6) is -0.891. The van der Waals surface area contributed by atoms with E-state index in [0.717, 1.165) is 38.8 Å². The number of hydrogen-bond acceptors (Lipinski definition) is 4. The second-order valence-electron chi connectivity index (χ2n) is 8.88. The normalized spacial score (nSPS) is 11.9. The average molecular weight is 502 g/mol. The van der Waals surface area contributed by atoms with Crippen LogP contribution in [0.15, 0.2) is 115 Å². The number of amides is 1. The molecule has 5 rings (SSSR count). The zero-order valence-electron chi connectivity index (χ0n) is 21.0. The number of para-hydroxylation sites is 1. The van der Waals surface area contributed by atoms with Crippen molar-refractivity contribution >= 4 is 28.7 Å². The van der Waals surface area contributed by atoms with Crippen LogP contribution in [0.5, 0.6) is 0 Å². The van der Waals surface area contributed by atoms with Crippen molar-refractivity contribution in [2.45, 2.75) is 12.5 Å². The molecular formula is C32H27N3O3. The van der Waals surface area contributed by atoms with E-state index in [2.05, 4.69) is 29.6 Å². The molecule has 5 aromatic rings. The number of fused-ring (bicyclic) bond motifs is 1. The maximum absolute atomic E-state index is 12.9. The van der Waals surface area contributed by atoms with Gasteiger partial charge < -0.3 is 10.1 Å². The summed E-state index contributed by atoms with van der Waals surface area (Å²) in [6.45, 7) is 0. The number of nitrogens with zero attached hydrogens (tertiary/aromatic N) is 2. The fourth-order valence-electron chi connectivity index (χ4n) is 4.35. The summed E-state index contributed by atoms with van der Waals surface area (Å²) in [5.41, 5.74) is 4.30. The van der Waals surface area contributed by atoms with Gasteiger partial charge in [-0.3, -0.25) is 4.79 Å². The predicted octanol–water partition coefficient (Wildman–Crippen LogP) is 5.61. The van der Waals surface area contributed by atoms with E-state index in [9.17, 15) is 9.59 Å². The summed E-state index contributed by atoms with van der Waals surface area (Å²) in [6, 6.07) is 32.9. The second-order valence-corrected chi connectivity index (χ2v) is 8.88. The third kappa shape index (κ3) is 5.71. The molecule has 0 fully saturated rings. The number of carbonyl (C=O) groups is 2. The van der Waals surface area contributed by atoms with E-state index in [4.69, 9.17) is 9.84 Å². The Hall–Kier alpha value is -4.97. The Morgan fingerprint density at radius 3 is 2.32 bits per heavy atom. The Morgan fingerprint density at radius 2 is 1.58 bits per heavy atom. The van der Waals surface area contributed by atoms with Crippen molar-refractivity contribution in [2.75, 3.05) is 7.11 Å². The summed E-state index contributed by atoms with van der Waals surface area (Å²) in [7, 11) is 1.32. The number of hydrogen-bond donors (Lipinski definition) is 1. The standard InChI is InChI=1S/C32H27N3O3/c1-38-32(37)29(20-23-10-4-2-5-11-23)33-30(36)19-18-27-22-35(28-14-6-3-7-15-28)34-31(27)26-17-16-24-12-8-9-13-25(24)21-26/h2-19,21-22,29H,20H2,1H3,(H,33,36)/b19-18+. The van der Waals surface area contributed by atoms with E-state index in [1.807, 2.05) is 85.1 Å². The van der Waals surface area contributed by atoms with Crippen LogP contribution in [0.2, 0.25) is 0 Å². The lowest BCUT2D eigenvalue weighted by atomic mass is 10.0. The second kappa shape index (κ2) is 11.4. The number of esters is 1. The van der Waals surface area contributed by atoms with E-state index in [1.165, 1.54) is 13.2 Å². The van der Waals surface area contributed by atoms with Gasteiger partial charge in [0.1, 0.15) is 6.04 Å². The molecule has 1 atom stereocenters. The Bertz CT molecular complexity index is 1590. The predicted molar refractivity (Wildman–Crippen MR) is 150 cm³/mol. The van der Waals surface area contributed by atoms with Gasteiger partial charge in [-0.1, -0.05) is 84.9 Å². The molecule has 0 aliphatic heterocycles. The van der Waals surface area contributed by atoms with Crippen molar-refractivity contribution in [3.63, 3.8) is 0 Å². The van der Waals surface area contributed by atoms with Crippen LogP contribution in [-0.4, -0.2) is 34.8 Å². The average Bonchev–Trinajstić information content (AvgIpc) is 3.40. The smallest absolute Gasteiger partial charge is 0.328 e. The van der Waals surface area contributed by atoms with Gasteiger partial charge in [-0.05, 0) is 40.6 Å². The molecule has 1 amide bonds. The Morgan fingerprint density at radius 1 is 0.895 bits per heavy atom. The molecule has 0 bridgehead atoms. The first kappa shape index (κ1) is 24.7. The fraction of sp³-hybridized carbons (Fsp3) is 0.0938. The molecule has 1 unspecified atom stereocenters. The third-order valence-electron chi connectivity index (χ3n) is 6.29.